The topological polar surface area (TPSA) is 52.7 Å². The van der Waals surface area contributed by atoms with Crippen molar-refractivity contribution in [2.45, 2.75) is 6.04 Å². The third-order valence-electron chi connectivity index (χ3n) is 3.75. The molecule has 1 aliphatic rings. The van der Waals surface area contributed by atoms with Crippen LogP contribution < -0.4 is 5.73 Å². The summed E-state index contributed by atoms with van der Waals surface area (Å²) in [4.78, 5) is 4.73. The smallest absolute Gasteiger partial charge is 0.0558 e. The summed E-state index contributed by atoms with van der Waals surface area (Å²) in [5, 5.41) is 8.97. The molecule has 1 aliphatic heterocycles. The molecule has 2 rings (SSSR count). The molecule has 0 bridgehead atoms. The van der Waals surface area contributed by atoms with E-state index in [1.807, 2.05) is 6.07 Å². The molecule has 19 heavy (non-hydrogen) atoms. The number of hydrogen-bond donors (Lipinski definition) is 2. The maximum Gasteiger partial charge on any atom is 0.0558 e. The second-order valence-corrected chi connectivity index (χ2v) is 5.73. The van der Waals surface area contributed by atoms with Crippen molar-refractivity contribution < 1.29 is 5.11 Å². The Morgan fingerprint density at radius 3 is 2.47 bits per heavy atom. The van der Waals surface area contributed by atoms with Gasteiger partial charge in [0.1, 0.15) is 0 Å². The zero-order valence-corrected chi connectivity index (χ0v) is 12.7. The molecule has 1 unspecified atom stereocenters. The molecule has 0 amide bonds. The van der Waals surface area contributed by atoms with Gasteiger partial charge in [0.25, 0.3) is 0 Å². The first-order valence-electron chi connectivity index (χ1n) is 6.78. The van der Waals surface area contributed by atoms with Gasteiger partial charge >= 0.3 is 0 Å². The molecule has 0 aliphatic carbocycles. The summed E-state index contributed by atoms with van der Waals surface area (Å²) in [6, 6.07) is 8.57. The predicted octanol–water partition coefficient (Wildman–Crippen LogP) is 1.06. The van der Waals surface area contributed by atoms with Gasteiger partial charge in [-0.25, -0.2) is 0 Å². The first-order valence-corrected chi connectivity index (χ1v) is 7.57. The zero-order valence-electron chi connectivity index (χ0n) is 11.1. The maximum atomic E-state index is 8.97. The highest BCUT2D eigenvalue weighted by Crippen LogP contribution is 2.27. The number of hydrogen-bond acceptors (Lipinski definition) is 4. The van der Waals surface area contributed by atoms with Gasteiger partial charge in [-0.3, -0.25) is 9.80 Å². The van der Waals surface area contributed by atoms with Gasteiger partial charge in [-0.05, 0) is 11.6 Å². The van der Waals surface area contributed by atoms with Crippen LogP contribution >= 0.6 is 15.9 Å². The summed E-state index contributed by atoms with van der Waals surface area (Å²) in [5.41, 5.74) is 7.25. The molecule has 3 N–H and O–H groups in total. The molecular weight excluding hydrogens is 306 g/mol. The van der Waals surface area contributed by atoms with E-state index < -0.39 is 0 Å². The zero-order chi connectivity index (χ0) is 13.7. The van der Waals surface area contributed by atoms with Gasteiger partial charge in [-0.2, -0.15) is 0 Å². The van der Waals surface area contributed by atoms with Crippen LogP contribution in [0.25, 0.3) is 0 Å². The van der Waals surface area contributed by atoms with Crippen LogP contribution in [0, 0.1) is 0 Å². The van der Waals surface area contributed by atoms with Gasteiger partial charge in [0.15, 0.2) is 0 Å². The summed E-state index contributed by atoms with van der Waals surface area (Å²) in [6.07, 6.45) is 0. The van der Waals surface area contributed by atoms with Crippen molar-refractivity contribution in [3.8, 4) is 0 Å². The van der Waals surface area contributed by atoms with Crippen LogP contribution in [0.5, 0.6) is 0 Å². The Bertz CT molecular complexity index is 394. The second kappa shape index (κ2) is 7.36. The summed E-state index contributed by atoms with van der Waals surface area (Å²) < 4.78 is 1.13. The van der Waals surface area contributed by atoms with Crippen LogP contribution in [0.4, 0.5) is 0 Å². The lowest BCUT2D eigenvalue weighted by Crippen LogP contribution is -2.49. The van der Waals surface area contributed by atoms with Crippen LogP contribution in [0.2, 0.25) is 0 Å². The van der Waals surface area contributed by atoms with E-state index >= 15 is 0 Å². The normalized spacial score (nSPS) is 19.5. The highest BCUT2D eigenvalue weighted by Gasteiger charge is 2.24. The lowest BCUT2D eigenvalue weighted by Gasteiger charge is -2.39. The van der Waals surface area contributed by atoms with E-state index in [1.54, 1.807) is 0 Å². The number of nitrogens with zero attached hydrogens (tertiary/aromatic N) is 2. The average molecular weight is 328 g/mol. The summed E-state index contributed by atoms with van der Waals surface area (Å²) >= 11 is 3.62. The molecule has 1 aromatic carbocycles. The van der Waals surface area contributed by atoms with E-state index in [2.05, 4.69) is 43.9 Å². The number of piperazine rings is 1. The van der Waals surface area contributed by atoms with Gasteiger partial charge < -0.3 is 10.8 Å². The lowest BCUT2D eigenvalue weighted by molar-refractivity contribution is 0.0855. The van der Waals surface area contributed by atoms with Gasteiger partial charge in [-0.1, -0.05) is 34.1 Å². The first-order chi connectivity index (χ1) is 9.26. The molecule has 5 heteroatoms. The largest absolute Gasteiger partial charge is 0.395 e. The first kappa shape index (κ1) is 14.9. The minimum atomic E-state index is 0.241. The van der Waals surface area contributed by atoms with Gasteiger partial charge in [0.05, 0.1) is 6.61 Å². The van der Waals surface area contributed by atoms with Crippen LogP contribution in [0.1, 0.15) is 11.6 Å². The van der Waals surface area contributed by atoms with Gasteiger partial charge in [0.2, 0.25) is 0 Å². The summed E-state index contributed by atoms with van der Waals surface area (Å²) in [6.45, 7) is 5.65. The van der Waals surface area contributed by atoms with Crippen molar-refractivity contribution in [3.05, 3.63) is 34.3 Å². The fourth-order valence-corrected chi connectivity index (χ4v) is 3.21. The number of rotatable bonds is 5. The molecule has 0 aromatic heterocycles. The van der Waals surface area contributed by atoms with E-state index in [-0.39, 0.29) is 12.6 Å². The SMILES string of the molecule is NCC(c1ccccc1Br)N1CCN(CCO)CC1. The summed E-state index contributed by atoms with van der Waals surface area (Å²) in [7, 11) is 0. The molecule has 106 valence electrons. The second-order valence-electron chi connectivity index (χ2n) is 4.87. The van der Waals surface area contributed by atoms with Crippen molar-refractivity contribution in [1.29, 1.82) is 0 Å². The minimum absolute atomic E-state index is 0.241. The Hall–Kier alpha value is -0.460. The number of β-amino-alcohol motifs (C(OH)–C–C–N with tert-alkyl or cyclic N) is 1. The third-order valence-corrected chi connectivity index (χ3v) is 4.47. The third kappa shape index (κ3) is 3.77. The lowest BCUT2D eigenvalue weighted by atomic mass is 10.0. The minimum Gasteiger partial charge on any atom is -0.395 e. The van der Waals surface area contributed by atoms with Crippen molar-refractivity contribution in [2.24, 2.45) is 5.73 Å². The molecule has 4 nitrogen and oxygen atoms in total. The fraction of sp³-hybridized carbons (Fsp3) is 0.571. The Morgan fingerprint density at radius 1 is 1.21 bits per heavy atom. The van der Waals surface area contributed by atoms with E-state index in [1.165, 1.54) is 5.56 Å². The fourth-order valence-electron chi connectivity index (χ4n) is 2.66. The molecule has 1 fully saturated rings. The molecule has 0 spiro atoms. The average Bonchev–Trinajstić information content (AvgIpc) is 2.44. The van der Waals surface area contributed by atoms with E-state index in [0.29, 0.717) is 6.54 Å². The standard InChI is InChI=1S/C14H22BrN3O/c15-13-4-2-1-3-12(13)14(11-16)18-7-5-17(6-8-18)9-10-19/h1-4,14,19H,5-11,16H2. The number of aliphatic hydroxyl groups excluding tert-OH is 1. The maximum absolute atomic E-state index is 8.97. The highest BCUT2D eigenvalue weighted by molar-refractivity contribution is 9.10. The van der Waals surface area contributed by atoms with Crippen molar-refractivity contribution in [3.63, 3.8) is 0 Å². The Morgan fingerprint density at radius 2 is 1.89 bits per heavy atom. The van der Waals surface area contributed by atoms with Crippen molar-refractivity contribution in [2.75, 3.05) is 45.9 Å². The Kier molecular flexibility index (Phi) is 5.78. The predicted molar refractivity (Wildman–Crippen MR) is 81.0 cm³/mol. The van der Waals surface area contributed by atoms with E-state index in [9.17, 15) is 0 Å². The Labute approximate surface area is 123 Å². The summed E-state index contributed by atoms with van der Waals surface area (Å²) in [5.74, 6) is 0. The molecule has 1 aromatic rings. The number of aliphatic hydroxyl groups is 1. The molecule has 0 saturated carbocycles. The molecule has 1 saturated heterocycles. The van der Waals surface area contributed by atoms with Crippen LogP contribution in [0.15, 0.2) is 28.7 Å². The quantitative estimate of drug-likeness (QED) is 0.849. The van der Waals surface area contributed by atoms with Crippen LogP contribution in [0.3, 0.4) is 0 Å². The van der Waals surface area contributed by atoms with Crippen LogP contribution in [-0.2, 0) is 0 Å². The van der Waals surface area contributed by atoms with E-state index in [0.717, 1.165) is 37.2 Å². The molecular formula is C14H22BrN3O. The van der Waals surface area contributed by atoms with Gasteiger partial charge in [0, 0.05) is 49.8 Å². The molecule has 0 radical (unpaired) electrons. The Balaban J connectivity index is 2.02. The molecule has 1 atom stereocenters. The molecule has 1 heterocycles. The van der Waals surface area contributed by atoms with Crippen molar-refractivity contribution >= 4 is 15.9 Å². The van der Waals surface area contributed by atoms with Gasteiger partial charge in [-0.15, -0.1) is 0 Å². The number of halogens is 1. The number of benzene rings is 1. The van der Waals surface area contributed by atoms with Crippen molar-refractivity contribution in [1.82, 2.24) is 9.80 Å². The van der Waals surface area contributed by atoms with E-state index in [4.69, 9.17) is 10.8 Å². The monoisotopic (exact) mass is 327 g/mol. The number of nitrogens with two attached hydrogens (primary N) is 1. The van der Waals surface area contributed by atoms with Crippen LogP contribution in [-0.4, -0.2) is 60.8 Å². The highest BCUT2D eigenvalue weighted by atomic mass is 79.9.